The Morgan fingerprint density at radius 2 is 1.80 bits per heavy atom. The molecule has 2 aromatic carbocycles. The molecule has 0 aliphatic carbocycles. The maximum Gasteiger partial charge on any atom is 0.280 e. The highest BCUT2D eigenvalue weighted by Gasteiger charge is 2.15. The third kappa shape index (κ3) is 2.56. The number of carbonyl (C=O) groups excluding carboxylic acids is 1. The van der Waals surface area contributed by atoms with Crippen LogP contribution in [-0.4, -0.2) is 10.9 Å². The SMILES string of the molecule is CC(NC(=O)c1nc2ccccc2s1)c1ccccc1. The van der Waals surface area contributed by atoms with Gasteiger partial charge in [-0.3, -0.25) is 4.79 Å². The van der Waals surface area contributed by atoms with Gasteiger partial charge in [-0.05, 0) is 24.6 Å². The van der Waals surface area contributed by atoms with Crippen molar-refractivity contribution in [3.05, 3.63) is 65.2 Å². The molecule has 3 nitrogen and oxygen atoms in total. The molecule has 3 rings (SSSR count). The summed E-state index contributed by atoms with van der Waals surface area (Å²) in [5.41, 5.74) is 1.96. The maximum absolute atomic E-state index is 12.2. The van der Waals surface area contributed by atoms with E-state index in [0.717, 1.165) is 15.8 Å². The summed E-state index contributed by atoms with van der Waals surface area (Å²) in [6.07, 6.45) is 0. The molecule has 3 aromatic rings. The summed E-state index contributed by atoms with van der Waals surface area (Å²) in [4.78, 5) is 16.6. The molecule has 1 aromatic heterocycles. The van der Waals surface area contributed by atoms with Gasteiger partial charge >= 0.3 is 0 Å². The van der Waals surface area contributed by atoms with Crippen LogP contribution in [0.4, 0.5) is 0 Å². The van der Waals surface area contributed by atoms with Crippen LogP contribution in [0.1, 0.15) is 28.3 Å². The Bertz CT molecular complexity index is 703. The normalized spacial score (nSPS) is 12.2. The Balaban J connectivity index is 1.79. The van der Waals surface area contributed by atoms with E-state index in [1.165, 1.54) is 11.3 Å². The lowest BCUT2D eigenvalue weighted by Crippen LogP contribution is -2.26. The number of aromatic nitrogens is 1. The van der Waals surface area contributed by atoms with Crippen molar-refractivity contribution in [2.24, 2.45) is 0 Å². The van der Waals surface area contributed by atoms with Crippen LogP contribution < -0.4 is 5.32 Å². The first-order chi connectivity index (χ1) is 9.74. The number of nitrogens with one attached hydrogen (secondary N) is 1. The number of hydrogen-bond donors (Lipinski definition) is 1. The van der Waals surface area contributed by atoms with E-state index in [4.69, 9.17) is 0 Å². The highest BCUT2D eigenvalue weighted by atomic mass is 32.1. The first-order valence-corrected chi connectivity index (χ1v) is 7.27. The molecule has 1 heterocycles. The maximum atomic E-state index is 12.2. The molecule has 1 atom stereocenters. The summed E-state index contributed by atoms with van der Waals surface area (Å²) in [5, 5.41) is 3.49. The first-order valence-electron chi connectivity index (χ1n) is 6.45. The predicted octanol–water partition coefficient (Wildman–Crippen LogP) is 3.79. The predicted molar refractivity (Wildman–Crippen MR) is 81.9 cm³/mol. The second-order valence-corrected chi connectivity index (χ2v) is 5.62. The molecule has 100 valence electrons. The van der Waals surface area contributed by atoms with Crippen LogP contribution in [0.2, 0.25) is 0 Å². The Morgan fingerprint density at radius 3 is 2.55 bits per heavy atom. The number of nitrogens with zero attached hydrogens (tertiary/aromatic N) is 1. The van der Waals surface area contributed by atoms with E-state index in [-0.39, 0.29) is 11.9 Å². The second-order valence-electron chi connectivity index (χ2n) is 4.59. The zero-order chi connectivity index (χ0) is 13.9. The summed E-state index contributed by atoms with van der Waals surface area (Å²) < 4.78 is 1.03. The molecule has 1 unspecified atom stereocenters. The van der Waals surface area contributed by atoms with Gasteiger partial charge in [0.2, 0.25) is 0 Å². The van der Waals surface area contributed by atoms with Gasteiger partial charge in [0.1, 0.15) is 0 Å². The largest absolute Gasteiger partial charge is 0.343 e. The lowest BCUT2D eigenvalue weighted by atomic mass is 10.1. The van der Waals surface area contributed by atoms with Crippen molar-refractivity contribution in [1.29, 1.82) is 0 Å². The highest BCUT2D eigenvalue weighted by Crippen LogP contribution is 2.22. The number of hydrogen-bond acceptors (Lipinski definition) is 3. The Labute approximate surface area is 121 Å². The van der Waals surface area contributed by atoms with Crippen LogP contribution in [0.15, 0.2) is 54.6 Å². The van der Waals surface area contributed by atoms with Crippen molar-refractivity contribution >= 4 is 27.5 Å². The number of benzene rings is 2. The number of amides is 1. The topological polar surface area (TPSA) is 42.0 Å². The van der Waals surface area contributed by atoms with Gasteiger partial charge in [0.05, 0.1) is 16.3 Å². The summed E-state index contributed by atoms with van der Waals surface area (Å²) >= 11 is 1.42. The van der Waals surface area contributed by atoms with Crippen molar-refractivity contribution in [3.63, 3.8) is 0 Å². The Morgan fingerprint density at radius 1 is 1.10 bits per heavy atom. The molecule has 0 saturated carbocycles. The van der Waals surface area contributed by atoms with Gasteiger partial charge in [-0.15, -0.1) is 11.3 Å². The number of rotatable bonds is 3. The average molecular weight is 282 g/mol. The molecule has 0 bridgehead atoms. The van der Waals surface area contributed by atoms with Crippen molar-refractivity contribution in [3.8, 4) is 0 Å². The van der Waals surface area contributed by atoms with Crippen molar-refractivity contribution in [2.45, 2.75) is 13.0 Å². The minimum Gasteiger partial charge on any atom is -0.343 e. The third-order valence-electron chi connectivity index (χ3n) is 3.14. The molecule has 4 heteroatoms. The Hall–Kier alpha value is -2.20. The monoisotopic (exact) mass is 282 g/mol. The first kappa shape index (κ1) is 12.8. The van der Waals surface area contributed by atoms with Gasteiger partial charge in [-0.25, -0.2) is 4.98 Å². The number of thiazole rings is 1. The Kier molecular flexibility index (Phi) is 3.48. The molecule has 20 heavy (non-hydrogen) atoms. The molecule has 0 radical (unpaired) electrons. The standard InChI is InChI=1S/C16H14N2OS/c1-11(12-7-3-2-4-8-12)17-15(19)16-18-13-9-5-6-10-14(13)20-16/h2-11H,1H3,(H,17,19). The molecule has 0 saturated heterocycles. The summed E-state index contributed by atoms with van der Waals surface area (Å²) in [6, 6.07) is 17.7. The molecule has 0 aliphatic rings. The lowest BCUT2D eigenvalue weighted by Gasteiger charge is -2.12. The number of fused-ring (bicyclic) bond motifs is 1. The van der Waals surface area contributed by atoms with E-state index in [1.54, 1.807) is 0 Å². The van der Waals surface area contributed by atoms with Gasteiger partial charge in [-0.2, -0.15) is 0 Å². The van der Waals surface area contributed by atoms with Crippen molar-refractivity contribution in [1.82, 2.24) is 10.3 Å². The van der Waals surface area contributed by atoms with Crippen LogP contribution in [0, 0.1) is 0 Å². The zero-order valence-electron chi connectivity index (χ0n) is 11.0. The molecular formula is C16H14N2OS. The van der Waals surface area contributed by atoms with E-state index >= 15 is 0 Å². The molecule has 0 aliphatic heterocycles. The van der Waals surface area contributed by atoms with E-state index in [1.807, 2.05) is 61.5 Å². The van der Waals surface area contributed by atoms with Crippen LogP contribution in [0.3, 0.4) is 0 Å². The van der Waals surface area contributed by atoms with E-state index in [9.17, 15) is 4.79 Å². The lowest BCUT2D eigenvalue weighted by molar-refractivity contribution is 0.0939. The van der Waals surface area contributed by atoms with Gasteiger partial charge in [0, 0.05) is 0 Å². The fourth-order valence-electron chi connectivity index (χ4n) is 2.05. The van der Waals surface area contributed by atoms with Crippen molar-refractivity contribution < 1.29 is 4.79 Å². The number of para-hydroxylation sites is 1. The van der Waals surface area contributed by atoms with Crippen molar-refractivity contribution in [2.75, 3.05) is 0 Å². The van der Waals surface area contributed by atoms with E-state index < -0.39 is 0 Å². The molecule has 0 spiro atoms. The quantitative estimate of drug-likeness (QED) is 0.794. The van der Waals surface area contributed by atoms with Crippen LogP contribution >= 0.6 is 11.3 Å². The minimum atomic E-state index is -0.123. The van der Waals surface area contributed by atoms with Crippen LogP contribution in [0.5, 0.6) is 0 Å². The smallest absolute Gasteiger partial charge is 0.280 e. The molecule has 0 fully saturated rings. The van der Waals surface area contributed by atoms with Gasteiger partial charge in [0.15, 0.2) is 5.01 Å². The minimum absolute atomic E-state index is 0.0317. The molecular weight excluding hydrogens is 268 g/mol. The fourth-order valence-corrected chi connectivity index (χ4v) is 2.92. The summed E-state index contributed by atoms with van der Waals surface area (Å²) in [6.45, 7) is 1.97. The second kappa shape index (κ2) is 5.43. The number of carbonyl (C=O) groups is 1. The van der Waals surface area contributed by atoms with Gasteiger partial charge in [-0.1, -0.05) is 42.5 Å². The van der Waals surface area contributed by atoms with Gasteiger partial charge in [0.25, 0.3) is 5.91 Å². The van der Waals surface area contributed by atoms with Crippen LogP contribution in [-0.2, 0) is 0 Å². The average Bonchev–Trinajstić information content (AvgIpc) is 2.92. The van der Waals surface area contributed by atoms with Crippen LogP contribution in [0.25, 0.3) is 10.2 Å². The summed E-state index contributed by atoms with van der Waals surface area (Å²) in [5.74, 6) is -0.123. The zero-order valence-corrected chi connectivity index (χ0v) is 11.9. The molecule has 1 amide bonds. The highest BCUT2D eigenvalue weighted by molar-refractivity contribution is 7.20. The summed E-state index contributed by atoms with van der Waals surface area (Å²) in [7, 11) is 0. The molecule has 1 N–H and O–H groups in total. The fraction of sp³-hybridized carbons (Fsp3) is 0.125. The van der Waals surface area contributed by atoms with Gasteiger partial charge < -0.3 is 5.32 Å². The third-order valence-corrected chi connectivity index (χ3v) is 4.17. The van der Waals surface area contributed by atoms with E-state index in [2.05, 4.69) is 10.3 Å². The van der Waals surface area contributed by atoms with E-state index in [0.29, 0.717) is 5.01 Å².